The van der Waals surface area contributed by atoms with Crippen molar-refractivity contribution < 1.29 is 5.11 Å². The Balaban J connectivity index is 1.57. The van der Waals surface area contributed by atoms with E-state index in [1.807, 2.05) is 36.0 Å². The lowest BCUT2D eigenvalue weighted by molar-refractivity contribution is -0.155. The van der Waals surface area contributed by atoms with E-state index in [4.69, 9.17) is 23.2 Å². The number of hydrogen-bond donors (Lipinski definition) is 1. The minimum atomic E-state index is -0.815. The molecule has 1 N–H and O–H groups in total. The van der Waals surface area contributed by atoms with Crippen molar-refractivity contribution in [3.05, 3.63) is 52.0 Å². The van der Waals surface area contributed by atoms with E-state index in [1.54, 1.807) is 6.20 Å². The van der Waals surface area contributed by atoms with Gasteiger partial charge in [-0.15, -0.1) is 0 Å². The van der Waals surface area contributed by atoms with Gasteiger partial charge in [0.2, 0.25) is 0 Å². The van der Waals surface area contributed by atoms with E-state index in [0.29, 0.717) is 10.0 Å². The summed E-state index contributed by atoms with van der Waals surface area (Å²) in [6.07, 6.45) is 6.97. The molecule has 4 rings (SSSR count). The Morgan fingerprint density at radius 1 is 1.20 bits per heavy atom. The van der Waals surface area contributed by atoms with Crippen LogP contribution in [0.25, 0.3) is 0 Å². The molecule has 6 heteroatoms. The van der Waals surface area contributed by atoms with Crippen LogP contribution in [0.2, 0.25) is 10.0 Å². The standard InChI is InChI=1S/C19H23Cl2N3O/c1-23-8-7-22-18(23)19(25)14-3-2-4-15(19)12-24(11-14)10-13-5-6-16(20)17(21)9-13/h5-9,14-15,25H,2-4,10-12H2,1H3/t14-,15-/m0/s1. The fraction of sp³-hybridized carbons (Fsp3) is 0.526. The van der Waals surface area contributed by atoms with Gasteiger partial charge in [-0.1, -0.05) is 35.7 Å². The fourth-order valence-corrected chi connectivity index (χ4v) is 5.01. The molecule has 2 fully saturated rings. The predicted octanol–water partition coefficient (Wildman–Crippen LogP) is 3.85. The first-order valence-electron chi connectivity index (χ1n) is 8.85. The van der Waals surface area contributed by atoms with Crippen molar-refractivity contribution in [3.63, 3.8) is 0 Å². The minimum absolute atomic E-state index is 0.212. The van der Waals surface area contributed by atoms with Crippen molar-refractivity contribution in [2.24, 2.45) is 18.9 Å². The second-order valence-electron chi connectivity index (χ2n) is 7.45. The predicted molar refractivity (Wildman–Crippen MR) is 99.7 cm³/mol. The van der Waals surface area contributed by atoms with Gasteiger partial charge in [-0.2, -0.15) is 0 Å². The van der Waals surface area contributed by atoms with Crippen LogP contribution < -0.4 is 0 Å². The highest BCUT2D eigenvalue weighted by Crippen LogP contribution is 2.48. The summed E-state index contributed by atoms with van der Waals surface area (Å²) in [5.41, 5.74) is 0.347. The van der Waals surface area contributed by atoms with Crippen LogP contribution in [0.3, 0.4) is 0 Å². The summed E-state index contributed by atoms with van der Waals surface area (Å²) in [6.45, 7) is 2.58. The Morgan fingerprint density at radius 2 is 1.92 bits per heavy atom. The number of aliphatic hydroxyl groups is 1. The topological polar surface area (TPSA) is 41.3 Å². The zero-order chi connectivity index (χ0) is 17.6. The number of fused-ring (bicyclic) bond motifs is 2. The van der Waals surface area contributed by atoms with Crippen molar-refractivity contribution in [3.8, 4) is 0 Å². The molecule has 4 nitrogen and oxygen atoms in total. The van der Waals surface area contributed by atoms with Gasteiger partial charge in [0.05, 0.1) is 10.0 Å². The number of aromatic nitrogens is 2. The average molecular weight is 380 g/mol. The Hall–Kier alpha value is -1.07. The van der Waals surface area contributed by atoms with Crippen LogP contribution in [0, 0.1) is 11.8 Å². The molecule has 2 heterocycles. The van der Waals surface area contributed by atoms with Gasteiger partial charge in [0.25, 0.3) is 0 Å². The third-order valence-electron chi connectivity index (χ3n) is 5.88. The molecule has 25 heavy (non-hydrogen) atoms. The molecule has 1 aliphatic heterocycles. The van der Waals surface area contributed by atoms with E-state index in [9.17, 15) is 5.11 Å². The van der Waals surface area contributed by atoms with E-state index >= 15 is 0 Å². The number of hydrogen-bond acceptors (Lipinski definition) is 3. The molecule has 0 unspecified atom stereocenters. The lowest BCUT2D eigenvalue weighted by Gasteiger charge is -2.52. The number of rotatable bonds is 3. The number of imidazole rings is 1. The minimum Gasteiger partial charge on any atom is -0.381 e. The molecule has 0 spiro atoms. The smallest absolute Gasteiger partial charge is 0.141 e. The van der Waals surface area contributed by atoms with Gasteiger partial charge in [0.15, 0.2) is 0 Å². The van der Waals surface area contributed by atoms with Gasteiger partial charge in [-0.25, -0.2) is 4.98 Å². The van der Waals surface area contributed by atoms with Gasteiger partial charge in [0.1, 0.15) is 11.4 Å². The van der Waals surface area contributed by atoms with Gasteiger partial charge >= 0.3 is 0 Å². The first kappa shape index (κ1) is 17.3. The normalized spacial score (nSPS) is 29.8. The van der Waals surface area contributed by atoms with Gasteiger partial charge in [0, 0.05) is 50.9 Å². The van der Waals surface area contributed by atoms with Gasteiger partial charge < -0.3 is 9.67 Å². The number of aryl methyl sites for hydroxylation is 1. The van der Waals surface area contributed by atoms with Crippen LogP contribution in [0.15, 0.2) is 30.6 Å². The van der Waals surface area contributed by atoms with E-state index in [2.05, 4.69) is 9.88 Å². The Kier molecular flexibility index (Phi) is 4.57. The highest BCUT2D eigenvalue weighted by molar-refractivity contribution is 6.42. The summed E-state index contributed by atoms with van der Waals surface area (Å²) in [4.78, 5) is 6.92. The summed E-state index contributed by atoms with van der Waals surface area (Å²) in [7, 11) is 1.97. The number of nitrogens with zero attached hydrogens (tertiary/aromatic N) is 3. The van der Waals surface area contributed by atoms with Crippen LogP contribution >= 0.6 is 23.2 Å². The summed E-state index contributed by atoms with van der Waals surface area (Å²) in [5.74, 6) is 1.24. The first-order chi connectivity index (χ1) is 12.0. The highest BCUT2D eigenvalue weighted by atomic mass is 35.5. The van der Waals surface area contributed by atoms with E-state index < -0.39 is 5.60 Å². The quantitative estimate of drug-likeness (QED) is 0.880. The van der Waals surface area contributed by atoms with E-state index in [0.717, 1.165) is 43.9 Å². The van der Waals surface area contributed by atoms with Crippen LogP contribution in [0.1, 0.15) is 30.7 Å². The fourth-order valence-electron chi connectivity index (χ4n) is 4.68. The third kappa shape index (κ3) is 2.99. The molecule has 2 bridgehead atoms. The summed E-state index contributed by atoms with van der Waals surface area (Å²) in [5, 5.41) is 12.8. The van der Waals surface area contributed by atoms with Crippen molar-refractivity contribution in [2.75, 3.05) is 13.1 Å². The lowest BCUT2D eigenvalue weighted by atomic mass is 9.65. The average Bonchev–Trinajstić information content (AvgIpc) is 2.99. The van der Waals surface area contributed by atoms with Crippen LogP contribution in [-0.4, -0.2) is 32.6 Å². The highest BCUT2D eigenvalue weighted by Gasteiger charge is 2.53. The Morgan fingerprint density at radius 3 is 2.52 bits per heavy atom. The number of halogens is 2. The summed E-state index contributed by atoms with van der Waals surface area (Å²) < 4.78 is 1.97. The molecule has 134 valence electrons. The molecule has 1 aromatic heterocycles. The summed E-state index contributed by atoms with van der Waals surface area (Å²) >= 11 is 12.2. The SMILES string of the molecule is Cn1ccnc1C1(O)[C@H]2CCC[C@H]1CN(Cc1ccc(Cl)c(Cl)c1)C2. The molecular weight excluding hydrogens is 357 g/mol. The Labute approximate surface area is 158 Å². The van der Waals surface area contributed by atoms with Crippen LogP contribution in [-0.2, 0) is 19.2 Å². The number of benzene rings is 1. The van der Waals surface area contributed by atoms with Gasteiger partial charge in [-0.05, 0) is 30.5 Å². The van der Waals surface area contributed by atoms with E-state index in [-0.39, 0.29) is 11.8 Å². The van der Waals surface area contributed by atoms with Crippen molar-refractivity contribution in [1.82, 2.24) is 14.5 Å². The van der Waals surface area contributed by atoms with Crippen molar-refractivity contribution >= 4 is 23.2 Å². The molecule has 1 aromatic carbocycles. The lowest BCUT2D eigenvalue weighted by Crippen LogP contribution is -2.58. The van der Waals surface area contributed by atoms with Crippen LogP contribution in [0.4, 0.5) is 0 Å². The van der Waals surface area contributed by atoms with Gasteiger partial charge in [-0.3, -0.25) is 4.90 Å². The molecule has 2 aromatic rings. The molecule has 1 saturated heterocycles. The third-order valence-corrected chi connectivity index (χ3v) is 6.62. The zero-order valence-electron chi connectivity index (χ0n) is 14.3. The maximum absolute atomic E-state index is 11.6. The zero-order valence-corrected chi connectivity index (χ0v) is 15.8. The molecule has 0 amide bonds. The monoisotopic (exact) mass is 379 g/mol. The molecule has 1 aliphatic carbocycles. The van der Waals surface area contributed by atoms with E-state index in [1.165, 1.54) is 6.42 Å². The maximum atomic E-state index is 11.6. The molecule has 2 atom stereocenters. The summed E-state index contributed by atoms with van der Waals surface area (Å²) in [6, 6.07) is 5.83. The number of piperidine rings is 1. The second-order valence-corrected chi connectivity index (χ2v) is 8.27. The van der Waals surface area contributed by atoms with Crippen LogP contribution in [0.5, 0.6) is 0 Å². The molecule has 1 saturated carbocycles. The number of likely N-dealkylation sites (tertiary alicyclic amines) is 1. The van der Waals surface area contributed by atoms with Crippen molar-refractivity contribution in [2.45, 2.75) is 31.4 Å². The molecular formula is C19H23Cl2N3O. The largest absolute Gasteiger partial charge is 0.381 e. The molecule has 2 aliphatic rings. The second kappa shape index (κ2) is 6.58. The maximum Gasteiger partial charge on any atom is 0.141 e. The Bertz CT molecular complexity index is 762. The first-order valence-corrected chi connectivity index (χ1v) is 9.60. The van der Waals surface area contributed by atoms with Crippen molar-refractivity contribution in [1.29, 1.82) is 0 Å². The molecule has 0 radical (unpaired) electrons.